The van der Waals surface area contributed by atoms with Gasteiger partial charge in [-0.15, -0.1) is 0 Å². The first-order chi connectivity index (χ1) is 12.3. The number of non-ortho nitro benzene ring substituents is 1. The number of rotatable bonds is 7. The maximum Gasteiger partial charge on any atom is 0.269 e. The van der Waals surface area contributed by atoms with Crippen LogP contribution in [0, 0.1) is 24.0 Å². The van der Waals surface area contributed by atoms with Gasteiger partial charge in [-0.05, 0) is 36.1 Å². The van der Waals surface area contributed by atoms with Crippen LogP contribution in [0.1, 0.15) is 22.3 Å². The second-order valence-corrected chi connectivity index (χ2v) is 6.20. The molecule has 3 N–H and O–H groups in total. The Morgan fingerprint density at radius 1 is 1.15 bits per heavy atom. The second-order valence-electron chi connectivity index (χ2n) is 6.20. The van der Waals surface area contributed by atoms with Crippen LogP contribution in [-0.4, -0.2) is 22.8 Å². The third kappa shape index (κ3) is 4.89. The molecule has 26 heavy (non-hydrogen) atoms. The van der Waals surface area contributed by atoms with Gasteiger partial charge in [-0.3, -0.25) is 19.7 Å². The van der Waals surface area contributed by atoms with Crippen LogP contribution in [0.3, 0.4) is 0 Å². The summed E-state index contributed by atoms with van der Waals surface area (Å²) in [5.41, 5.74) is 8.85. The first-order valence-electron chi connectivity index (χ1n) is 8.15. The molecule has 0 unspecified atom stereocenters. The normalized spacial score (nSPS) is 11.6. The van der Waals surface area contributed by atoms with Crippen LogP contribution >= 0.6 is 0 Å². The number of nitrogens with two attached hydrogens (primary N) is 1. The van der Waals surface area contributed by atoms with Crippen molar-refractivity contribution in [2.75, 3.05) is 0 Å². The first-order valence-corrected chi connectivity index (χ1v) is 8.15. The monoisotopic (exact) mass is 355 g/mol. The Morgan fingerprint density at radius 2 is 1.77 bits per heavy atom. The predicted octanol–water partition coefficient (Wildman–Crippen LogP) is 1.97. The Morgan fingerprint density at radius 3 is 2.35 bits per heavy atom. The molecule has 136 valence electrons. The van der Waals surface area contributed by atoms with Gasteiger partial charge in [0.2, 0.25) is 11.8 Å². The summed E-state index contributed by atoms with van der Waals surface area (Å²) in [6.45, 7) is 3.87. The Labute approximate surface area is 151 Å². The van der Waals surface area contributed by atoms with Gasteiger partial charge in [0.25, 0.3) is 5.69 Å². The average Bonchev–Trinajstić information content (AvgIpc) is 2.57. The largest absolute Gasteiger partial charge is 0.368 e. The van der Waals surface area contributed by atoms with E-state index in [-0.39, 0.29) is 12.1 Å². The highest BCUT2D eigenvalue weighted by Crippen LogP contribution is 2.16. The van der Waals surface area contributed by atoms with E-state index in [4.69, 9.17) is 5.73 Å². The van der Waals surface area contributed by atoms with Gasteiger partial charge >= 0.3 is 0 Å². The van der Waals surface area contributed by atoms with E-state index in [2.05, 4.69) is 5.32 Å². The highest BCUT2D eigenvalue weighted by atomic mass is 16.6. The van der Waals surface area contributed by atoms with Crippen LogP contribution in [0.15, 0.2) is 42.5 Å². The lowest BCUT2D eigenvalue weighted by Crippen LogP contribution is -2.46. The first kappa shape index (κ1) is 19.1. The maximum atomic E-state index is 12.3. The van der Waals surface area contributed by atoms with Crippen molar-refractivity contribution in [3.63, 3.8) is 0 Å². The molecule has 0 heterocycles. The van der Waals surface area contributed by atoms with Crippen molar-refractivity contribution >= 4 is 17.5 Å². The van der Waals surface area contributed by atoms with E-state index in [0.717, 1.165) is 16.7 Å². The molecule has 0 radical (unpaired) electrons. The van der Waals surface area contributed by atoms with Crippen molar-refractivity contribution in [3.05, 3.63) is 74.8 Å². The molecule has 2 amide bonds. The molecule has 0 spiro atoms. The summed E-state index contributed by atoms with van der Waals surface area (Å²) in [4.78, 5) is 34.4. The van der Waals surface area contributed by atoms with Gasteiger partial charge in [-0.1, -0.05) is 30.3 Å². The number of nitrogens with zero attached hydrogens (tertiary/aromatic N) is 1. The van der Waals surface area contributed by atoms with E-state index in [9.17, 15) is 19.7 Å². The van der Waals surface area contributed by atoms with Gasteiger partial charge in [-0.25, -0.2) is 0 Å². The summed E-state index contributed by atoms with van der Waals surface area (Å²) >= 11 is 0. The number of amides is 2. The van der Waals surface area contributed by atoms with Crippen molar-refractivity contribution in [1.82, 2.24) is 5.32 Å². The molecular formula is C19H21N3O4. The summed E-state index contributed by atoms with van der Waals surface area (Å²) in [7, 11) is 0. The van der Waals surface area contributed by atoms with Crippen molar-refractivity contribution in [1.29, 1.82) is 0 Å². The number of aryl methyl sites for hydroxylation is 2. The van der Waals surface area contributed by atoms with E-state index in [0.29, 0.717) is 12.0 Å². The van der Waals surface area contributed by atoms with Crippen molar-refractivity contribution < 1.29 is 14.5 Å². The van der Waals surface area contributed by atoms with Crippen LogP contribution in [0.5, 0.6) is 0 Å². The summed E-state index contributed by atoms with van der Waals surface area (Å²) in [6.07, 6.45) is 0.229. The fourth-order valence-electron chi connectivity index (χ4n) is 2.81. The van der Waals surface area contributed by atoms with Gasteiger partial charge in [0, 0.05) is 18.6 Å². The Kier molecular flexibility index (Phi) is 6.06. The summed E-state index contributed by atoms with van der Waals surface area (Å²) in [6, 6.07) is 10.8. The quantitative estimate of drug-likeness (QED) is 0.583. The van der Waals surface area contributed by atoms with Crippen LogP contribution in [0.4, 0.5) is 5.69 Å². The molecule has 7 nitrogen and oxygen atoms in total. The number of hydrogen-bond acceptors (Lipinski definition) is 4. The number of carbonyl (C=O) groups is 2. The van der Waals surface area contributed by atoms with E-state index in [1.807, 2.05) is 32.0 Å². The third-order valence-electron chi connectivity index (χ3n) is 4.22. The van der Waals surface area contributed by atoms with Crippen molar-refractivity contribution in [2.24, 2.45) is 5.73 Å². The zero-order valence-corrected chi connectivity index (χ0v) is 14.7. The summed E-state index contributed by atoms with van der Waals surface area (Å²) in [5, 5.41) is 13.5. The zero-order valence-electron chi connectivity index (χ0n) is 14.7. The molecule has 7 heteroatoms. The Hall–Kier alpha value is -3.22. The lowest BCUT2D eigenvalue weighted by atomic mass is 9.96. The molecule has 0 aromatic heterocycles. The molecule has 2 aromatic carbocycles. The minimum Gasteiger partial charge on any atom is -0.368 e. The number of benzene rings is 2. The fourth-order valence-corrected chi connectivity index (χ4v) is 2.81. The number of nitrogens with one attached hydrogen (secondary N) is 1. The van der Waals surface area contributed by atoms with Gasteiger partial charge in [0.15, 0.2) is 0 Å². The van der Waals surface area contributed by atoms with E-state index >= 15 is 0 Å². The molecule has 2 aromatic rings. The Bertz CT molecular complexity index is 828. The van der Waals surface area contributed by atoms with Crippen molar-refractivity contribution in [3.8, 4) is 0 Å². The smallest absolute Gasteiger partial charge is 0.269 e. The Balaban J connectivity index is 2.10. The predicted molar refractivity (Wildman–Crippen MR) is 97.5 cm³/mol. The molecule has 0 aliphatic carbocycles. The highest BCUT2D eigenvalue weighted by molar-refractivity contribution is 5.87. The average molecular weight is 355 g/mol. The second kappa shape index (κ2) is 8.24. The molecule has 0 aliphatic heterocycles. The third-order valence-corrected chi connectivity index (χ3v) is 4.22. The minimum atomic E-state index is -0.846. The molecule has 0 bridgehead atoms. The molecule has 0 aliphatic rings. The van der Waals surface area contributed by atoms with Gasteiger partial charge in [0.1, 0.15) is 6.04 Å². The fraction of sp³-hybridized carbons (Fsp3) is 0.263. The molecule has 0 saturated carbocycles. The van der Waals surface area contributed by atoms with E-state index in [1.165, 1.54) is 18.2 Å². The van der Waals surface area contributed by atoms with Gasteiger partial charge in [0.05, 0.1) is 11.3 Å². The van der Waals surface area contributed by atoms with Gasteiger partial charge < -0.3 is 11.1 Å². The summed E-state index contributed by atoms with van der Waals surface area (Å²) < 4.78 is 0. The maximum absolute atomic E-state index is 12.3. The number of hydrogen-bond donors (Lipinski definition) is 2. The molecule has 0 fully saturated rings. The molecule has 2 rings (SSSR count). The van der Waals surface area contributed by atoms with Crippen LogP contribution in [0.2, 0.25) is 0 Å². The molecule has 0 saturated heterocycles. The zero-order chi connectivity index (χ0) is 19.3. The number of carbonyl (C=O) groups excluding carboxylic acids is 2. The van der Waals surface area contributed by atoms with Crippen LogP contribution < -0.4 is 11.1 Å². The lowest BCUT2D eigenvalue weighted by molar-refractivity contribution is -0.384. The van der Waals surface area contributed by atoms with Crippen LogP contribution in [0.25, 0.3) is 0 Å². The minimum absolute atomic E-state index is 0.0712. The summed E-state index contributed by atoms with van der Waals surface area (Å²) in [5.74, 6) is -1.04. The number of nitro groups is 1. The molecular weight excluding hydrogens is 334 g/mol. The number of primary amides is 1. The SMILES string of the molecule is Cc1cccc(C)c1C[C@@H](NC(=O)Cc1cccc([N+](=O)[O-])c1)C(N)=O. The number of nitro benzene ring substituents is 1. The van der Waals surface area contributed by atoms with Crippen LogP contribution in [-0.2, 0) is 22.4 Å². The molecule has 1 atom stereocenters. The highest BCUT2D eigenvalue weighted by Gasteiger charge is 2.21. The van der Waals surface area contributed by atoms with E-state index < -0.39 is 22.8 Å². The lowest BCUT2D eigenvalue weighted by Gasteiger charge is -2.18. The topological polar surface area (TPSA) is 115 Å². The van der Waals surface area contributed by atoms with E-state index in [1.54, 1.807) is 6.07 Å². The van der Waals surface area contributed by atoms with Gasteiger partial charge in [-0.2, -0.15) is 0 Å². The standard InChI is InChI=1S/C19H21N3O4/c1-12-5-3-6-13(2)16(12)11-17(19(20)24)21-18(23)10-14-7-4-8-15(9-14)22(25)26/h3-9,17H,10-11H2,1-2H3,(H2,20,24)(H,21,23)/t17-/m1/s1. The van der Waals surface area contributed by atoms with Crippen molar-refractivity contribution in [2.45, 2.75) is 32.7 Å².